The predicted octanol–water partition coefficient (Wildman–Crippen LogP) is 1.21. The number of aryl methyl sites for hydroxylation is 1. The molecule has 0 unspecified atom stereocenters. The van der Waals surface area contributed by atoms with E-state index < -0.39 is 5.97 Å². The molecule has 9 nitrogen and oxygen atoms in total. The molecular formula is C21H35N3O6. The second-order valence-electron chi connectivity index (χ2n) is 6.89. The van der Waals surface area contributed by atoms with Gasteiger partial charge in [0.05, 0.1) is 32.7 Å². The minimum absolute atomic E-state index is 0.00161. The van der Waals surface area contributed by atoms with Gasteiger partial charge < -0.3 is 28.6 Å². The first-order chi connectivity index (χ1) is 14.4. The molecule has 0 aliphatic heterocycles. The molecular weight excluding hydrogens is 390 g/mol. The van der Waals surface area contributed by atoms with Crippen LogP contribution in [0.4, 0.5) is 0 Å². The number of carbonyl (C=O) groups excluding carboxylic acids is 3. The second-order valence-corrected chi connectivity index (χ2v) is 6.89. The summed E-state index contributed by atoms with van der Waals surface area (Å²) in [4.78, 5) is 40.4. The Hall–Kier alpha value is -2.39. The van der Waals surface area contributed by atoms with Crippen LogP contribution in [0.3, 0.4) is 0 Å². The molecule has 1 heterocycles. The van der Waals surface area contributed by atoms with Gasteiger partial charge in [0.1, 0.15) is 0 Å². The third-order valence-electron chi connectivity index (χ3n) is 4.63. The van der Waals surface area contributed by atoms with Crippen molar-refractivity contribution in [2.45, 2.75) is 32.7 Å². The molecule has 0 atom stereocenters. The lowest BCUT2D eigenvalue weighted by molar-refractivity contribution is -0.146. The van der Waals surface area contributed by atoms with Crippen LogP contribution in [-0.4, -0.2) is 85.8 Å². The number of carbonyl (C=O) groups is 3. The lowest BCUT2D eigenvalue weighted by Crippen LogP contribution is -2.44. The third-order valence-corrected chi connectivity index (χ3v) is 4.63. The first-order valence-corrected chi connectivity index (χ1v) is 10.2. The van der Waals surface area contributed by atoms with E-state index in [4.69, 9.17) is 14.2 Å². The van der Waals surface area contributed by atoms with Crippen LogP contribution in [0, 0.1) is 0 Å². The van der Waals surface area contributed by atoms with E-state index in [-0.39, 0.29) is 37.8 Å². The minimum Gasteiger partial charge on any atom is -0.466 e. The Balaban J connectivity index is 2.80. The highest BCUT2D eigenvalue weighted by atomic mass is 16.5. The molecule has 0 radical (unpaired) electrons. The molecule has 0 aliphatic carbocycles. The predicted molar refractivity (Wildman–Crippen MR) is 112 cm³/mol. The van der Waals surface area contributed by atoms with Gasteiger partial charge in [0.25, 0.3) is 0 Å². The van der Waals surface area contributed by atoms with Crippen LogP contribution in [0.25, 0.3) is 0 Å². The summed E-state index contributed by atoms with van der Waals surface area (Å²) in [7, 11) is 5.09. The number of esters is 1. The third kappa shape index (κ3) is 9.41. The van der Waals surface area contributed by atoms with Crippen LogP contribution < -0.4 is 0 Å². The SMILES string of the molecule is CCOC(=O)CCC(=O)N(CCCOC)CC(=O)N(CCOC)Cc1cccn1C. The van der Waals surface area contributed by atoms with Crippen molar-refractivity contribution < 1.29 is 28.6 Å². The number of hydrogen-bond acceptors (Lipinski definition) is 6. The van der Waals surface area contributed by atoms with Crippen LogP contribution in [0.1, 0.15) is 31.9 Å². The van der Waals surface area contributed by atoms with Crippen molar-refractivity contribution in [3.8, 4) is 0 Å². The van der Waals surface area contributed by atoms with E-state index >= 15 is 0 Å². The molecule has 2 amide bonds. The van der Waals surface area contributed by atoms with E-state index in [9.17, 15) is 14.4 Å². The summed E-state index contributed by atoms with van der Waals surface area (Å²) in [5.41, 5.74) is 0.985. The van der Waals surface area contributed by atoms with Gasteiger partial charge in [-0.15, -0.1) is 0 Å². The number of rotatable bonds is 15. The zero-order chi connectivity index (χ0) is 22.4. The quantitative estimate of drug-likeness (QED) is 0.310. The molecule has 0 aliphatic rings. The van der Waals surface area contributed by atoms with Gasteiger partial charge in [-0.1, -0.05) is 0 Å². The van der Waals surface area contributed by atoms with Crippen molar-refractivity contribution in [1.29, 1.82) is 0 Å². The van der Waals surface area contributed by atoms with Gasteiger partial charge in [0.2, 0.25) is 11.8 Å². The maximum absolute atomic E-state index is 13.0. The molecule has 1 aromatic heterocycles. The van der Waals surface area contributed by atoms with Crippen LogP contribution >= 0.6 is 0 Å². The van der Waals surface area contributed by atoms with Gasteiger partial charge in [-0.25, -0.2) is 0 Å². The minimum atomic E-state index is -0.417. The Morgan fingerprint density at radius 1 is 1.00 bits per heavy atom. The zero-order valence-electron chi connectivity index (χ0n) is 18.6. The first-order valence-electron chi connectivity index (χ1n) is 10.2. The maximum Gasteiger partial charge on any atom is 0.306 e. The van der Waals surface area contributed by atoms with Gasteiger partial charge in [-0.2, -0.15) is 0 Å². The highest BCUT2D eigenvalue weighted by Gasteiger charge is 2.22. The smallest absolute Gasteiger partial charge is 0.306 e. The Bertz CT molecular complexity index is 661. The van der Waals surface area contributed by atoms with Crippen molar-refractivity contribution >= 4 is 17.8 Å². The number of hydrogen-bond donors (Lipinski definition) is 0. The molecule has 0 saturated carbocycles. The lowest BCUT2D eigenvalue weighted by atomic mass is 10.2. The number of aromatic nitrogens is 1. The first kappa shape index (κ1) is 25.6. The highest BCUT2D eigenvalue weighted by Crippen LogP contribution is 2.08. The number of amides is 2. The number of nitrogens with zero attached hydrogens (tertiary/aromatic N) is 3. The fourth-order valence-corrected chi connectivity index (χ4v) is 2.90. The summed E-state index contributed by atoms with van der Waals surface area (Å²) in [6.07, 6.45) is 2.53. The molecule has 9 heteroatoms. The molecule has 0 bridgehead atoms. The van der Waals surface area contributed by atoms with E-state index in [1.54, 1.807) is 26.0 Å². The van der Waals surface area contributed by atoms with E-state index in [1.807, 2.05) is 29.9 Å². The van der Waals surface area contributed by atoms with E-state index in [2.05, 4.69) is 0 Å². The molecule has 1 rings (SSSR count). The van der Waals surface area contributed by atoms with E-state index in [1.165, 1.54) is 4.90 Å². The Morgan fingerprint density at radius 3 is 2.33 bits per heavy atom. The van der Waals surface area contributed by atoms with E-state index in [0.717, 1.165) is 5.69 Å². The van der Waals surface area contributed by atoms with Crippen molar-refractivity contribution in [3.63, 3.8) is 0 Å². The van der Waals surface area contributed by atoms with Crippen molar-refractivity contribution in [2.24, 2.45) is 7.05 Å². The van der Waals surface area contributed by atoms with Gasteiger partial charge in [0, 0.05) is 59.3 Å². The summed E-state index contributed by atoms with van der Waals surface area (Å²) >= 11 is 0. The fraction of sp³-hybridized carbons (Fsp3) is 0.667. The molecule has 0 aromatic carbocycles. The van der Waals surface area contributed by atoms with Crippen molar-refractivity contribution in [3.05, 3.63) is 24.0 Å². The van der Waals surface area contributed by atoms with Gasteiger partial charge in [-0.05, 0) is 25.5 Å². The Morgan fingerprint density at radius 2 is 1.73 bits per heavy atom. The Labute approximate surface area is 178 Å². The molecule has 0 fully saturated rings. The maximum atomic E-state index is 13.0. The standard InChI is InChI=1S/C21H35N3O6/c1-5-30-21(27)10-9-19(25)23(12-7-14-28-3)17-20(26)24(13-15-29-4)16-18-8-6-11-22(18)2/h6,8,11H,5,7,9-10,12-17H2,1-4H3. The molecule has 0 N–H and O–H groups in total. The van der Waals surface area contributed by atoms with Crippen LogP contribution in [0.15, 0.2) is 18.3 Å². The van der Waals surface area contributed by atoms with E-state index in [0.29, 0.717) is 39.3 Å². The summed E-state index contributed by atoms with van der Waals surface area (Å²) < 4.78 is 17.0. The second kappa shape index (κ2) is 14.6. The van der Waals surface area contributed by atoms with Crippen LogP contribution in [-0.2, 0) is 42.2 Å². The van der Waals surface area contributed by atoms with Gasteiger partial charge >= 0.3 is 5.97 Å². The van der Waals surface area contributed by atoms with Gasteiger partial charge in [0.15, 0.2) is 0 Å². The van der Waals surface area contributed by atoms with Crippen LogP contribution in [0.2, 0.25) is 0 Å². The van der Waals surface area contributed by atoms with Crippen molar-refractivity contribution in [2.75, 3.05) is 53.7 Å². The number of ether oxygens (including phenoxy) is 3. The lowest BCUT2D eigenvalue weighted by Gasteiger charge is -2.28. The molecule has 30 heavy (non-hydrogen) atoms. The summed E-state index contributed by atoms with van der Waals surface area (Å²) in [5, 5.41) is 0. The summed E-state index contributed by atoms with van der Waals surface area (Å²) in [6, 6.07) is 3.87. The summed E-state index contributed by atoms with van der Waals surface area (Å²) in [5.74, 6) is -0.840. The molecule has 170 valence electrons. The highest BCUT2D eigenvalue weighted by molar-refractivity contribution is 5.86. The average molecular weight is 426 g/mol. The molecule has 0 spiro atoms. The fourth-order valence-electron chi connectivity index (χ4n) is 2.90. The summed E-state index contributed by atoms with van der Waals surface area (Å²) in [6.45, 7) is 4.04. The largest absolute Gasteiger partial charge is 0.466 e. The Kier molecular flexibility index (Phi) is 12.5. The zero-order valence-corrected chi connectivity index (χ0v) is 18.6. The normalized spacial score (nSPS) is 10.7. The topological polar surface area (TPSA) is 90.3 Å². The van der Waals surface area contributed by atoms with Crippen LogP contribution in [0.5, 0.6) is 0 Å². The molecule has 1 aromatic rings. The van der Waals surface area contributed by atoms with Gasteiger partial charge in [-0.3, -0.25) is 14.4 Å². The van der Waals surface area contributed by atoms with Crippen molar-refractivity contribution in [1.82, 2.24) is 14.4 Å². The molecule has 0 saturated heterocycles. The number of methoxy groups -OCH3 is 2. The monoisotopic (exact) mass is 425 g/mol. The average Bonchev–Trinajstić information content (AvgIpc) is 3.13.